The third kappa shape index (κ3) is 7.33. The molecule has 0 aromatic carbocycles. The first-order valence-corrected chi connectivity index (χ1v) is 6.41. The van der Waals surface area contributed by atoms with Crippen molar-refractivity contribution in [3.05, 3.63) is 0 Å². The molecular weight excluding hydrogens is 244 g/mol. The number of alkyl halides is 1. The standard InChI is InChI=1S/C10H21BrN2O/c1-3-8-13(4-2)9-7-12-10(14)5-6-11/h3-9H2,1-2H3,(H,12,14). The molecule has 1 N–H and O–H groups in total. The van der Waals surface area contributed by atoms with Crippen molar-refractivity contribution in [2.75, 3.05) is 31.5 Å². The summed E-state index contributed by atoms with van der Waals surface area (Å²) in [7, 11) is 0. The fraction of sp³-hybridized carbons (Fsp3) is 0.900. The Morgan fingerprint density at radius 3 is 2.57 bits per heavy atom. The number of nitrogens with zero attached hydrogens (tertiary/aromatic N) is 1. The highest BCUT2D eigenvalue weighted by atomic mass is 79.9. The second kappa shape index (κ2) is 9.46. The summed E-state index contributed by atoms with van der Waals surface area (Å²) in [5.41, 5.74) is 0. The first-order valence-electron chi connectivity index (χ1n) is 5.29. The Labute approximate surface area is 95.4 Å². The lowest BCUT2D eigenvalue weighted by molar-refractivity contribution is -0.120. The van der Waals surface area contributed by atoms with Crippen LogP contribution >= 0.6 is 15.9 Å². The zero-order chi connectivity index (χ0) is 10.8. The van der Waals surface area contributed by atoms with E-state index in [1.54, 1.807) is 0 Å². The van der Waals surface area contributed by atoms with Crippen LogP contribution in [0.15, 0.2) is 0 Å². The lowest BCUT2D eigenvalue weighted by Crippen LogP contribution is -2.35. The highest BCUT2D eigenvalue weighted by molar-refractivity contribution is 9.09. The average Bonchev–Trinajstić information content (AvgIpc) is 2.17. The van der Waals surface area contributed by atoms with Crippen molar-refractivity contribution in [2.24, 2.45) is 0 Å². The topological polar surface area (TPSA) is 32.3 Å². The van der Waals surface area contributed by atoms with E-state index in [9.17, 15) is 4.79 Å². The minimum absolute atomic E-state index is 0.134. The van der Waals surface area contributed by atoms with Crippen LogP contribution in [0, 0.1) is 0 Å². The van der Waals surface area contributed by atoms with Gasteiger partial charge in [-0.25, -0.2) is 0 Å². The molecule has 0 bridgehead atoms. The predicted molar refractivity (Wildman–Crippen MR) is 63.8 cm³/mol. The van der Waals surface area contributed by atoms with Gasteiger partial charge in [-0.2, -0.15) is 0 Å². The molecule has 0 spiro atoms. The smallest absolute Gasteiger partial charge is 0.220 e. The van der Waals surface area contributed by atoms with E-state index in [0.717, 1.165) is 31.5 Å². The zero-order valence-electron chi connectivity index (χ0n) is 9.18. The maximum atomic E-state index is 11.1. The molecule has 14 heavy (non-hydrogen) atoms. The molecule has 0 heterocycles. The summed E-state index contributed by atoms with van der Waals surface area (Å²) in [6.07, 6.45) is 1.74. The van der Waals surface area contributed by atoms with Crippen molar-refractivity contribution in [3.8, 4) is 0 Å². The fourth-order valence-electron chi connectivity index (χ4n) is 1.27. The molecule has 0 aliphatic carbocycles. The first kappa shape index (κ1) is 13.9. The maximum Gasteiger partial charge on any atom is 0.220 e. The molecular formula is C10H21BrN2O. The van der Waals surface area contributed by atoms with Gasteiger partial charge in [0.15, 0.2) is 0 Å². The molecule has 0 radical (unpaired) electrons. The predicted octanol–water partition coefficient (Wildman–Crippen LogP) is 1.62. The van der Waals surface area contributed by atoms with E-state index in [2.05, 4.69) is 40.0 Å². The Balaban J connectivity index is 3.45. The molecule has 0 aromatic heterocycles. The minimum Gasteiger partial charge on any atom is -0.355 e. The number of hydrogen-bond donors (Lipinski definition) is 1. The van der Waals surface area contributed by atoms with Gasteiger partial charge in [0.2, 0.25) is 5.91 Å². The van der Waals surface area contributed by atoms with Gasteiger partial charge in [0.1, 0.15) is 0 Å². The Morgan fingerprint density at radius 2 is 2.07 bits per heavy atom. The van der Waals surface area contributed by atoms with Gasteiger partial charge in [-0.3, -0.25) is 4.79 Å². The Kier molecular flexibility index (Phi) is 9.40. The van der Waals surface area contributed by atoms with Gasteiger partial charge in [0.25, 0.3) is 0 Å². The summed E-state index contributed by atoms with van der Waals surface area (Å²) < 4.78 is 0. The molecule has 1 amide bonds. The lowest BCUT2D eigenvalue weighted by atomic mass is 10.4. The first-order chi connectivity index (χ1) is 6.74. The van der Waals surface area contributed by atoms with Crippen molar-refractivity contribution < 1.29 is 4.79 Å². The van der Waals surface area contributed by atoms with E-state index >= 15 is 0 Å². The molecule has 0 fully saturated rings. The molecule has 0 rings (SSSR count). The number of amides is 1. The molecule has 0 saturated heterocycles. The molecule has 0 aliphatic rings. The number of likely N-dealkylation sites (N-methyl/N-ethyl adjacent to an activating group) is 1. The van der Waals surface area contributed by atoms with Crippen LogP contribution in [0.1, 0.15) is 26.7 Å². The summed E-state index contributed by atoms with van der Waals surface area (Å²) in [6, 6.07) is 0. The third-order valence-electron chi connectivity index (χ3n) is 2.06. The highest BCUT2D eigenvalue weighted by Crippen LogP contribution is 1.90. The van der Waals surface area contributed by atoms with Crippen molar-refractivity contribution in [1.82, 2.24) is 10.2 Å². The van der Waals surface area contributed by atoms with E-state index < -0.39 is 0 Å². The van der Waals surface area contributed by atoms with Gasteiger partial charge in [-0.1, -0.05) is 29.8 Å². The van der Waals surface area contributed by atoms with Crippen LogP contribution in [-0.2, 0) is 4.79 Å². The van der Waals surface area contributed by atoms with Crippen LogP contribution in [0.4, 0.5) is 0 Å². The van der Waals surface area contributed by atoms with Crippen LogP contribution in [0.5, 0.6) is 0 Å². The zero-order valence-corrected chi connectivity index (χ0v) is 10.8. The summed E-state index contributed by atoms with van der Waals surface area (Å²) in [4.78, 5) is 13.5. The molecule has 3 nitrogen and oxygen atoms in total. The van der Waals surface area contributed by atoms with Gasteiger partial charge < -0.3 is 10.2 Å². The van der Waals surface area contributed by atoms with Crippen molar-refractivity contribution >= 4 is 21.8 Å². The average molecular weight is 265 g/mol. The minimum atomic E-state index is 0.134. The van der Waals surface area contributed by atoms with Crippen LogP contribution in [0.25, 0.3) is 0 Å². The largest absolute Gasteiger partial charge is 0.355 e. The number of carbonyl (C=O) groups is 1. The van der Waals surface area contributed by atoms with Gasteiger partial charge in [-0.15, -0.1) is 0 Å². The molecule has 0 atom stereocenters. The van der Waals surface area contributed by atoms with E-state index in [1.807, 2.05) is 0 Å². The van der Waals surface area contributed by atoms with Crippen LogP contribution in [0.2, 0.25) is 0 Å². The van der Waals surface area contributed by atoms with Crippen molar-refractivity contribution in [2.45, 2.75) is 26.7 Å². The van der Waals surface area contributed by atoms with E-state index in [1.165, 1.54) is 6.42 Å². The SMILES string of the molecule is CCCN(CC)CCNC(=O)CCBr. The summed E-state index contributed by atoms with van der Waals surface area (Å²) in [5.74, 6) is 0.134. The van der Waals surface area contributed by atoms with Gasteiger partial charge in [0, 0.05) is 24.8 Å². The monoisotopic (exact) mass is 264 g/mol. The lowest BCUT2D eigenvalue weighted by Gasteiger charge is -2.19. The summed E-state index contributed by atoms with van der Waals surface area (Å²) >= 11 is 3.24. The summed E-state index contributed by atoms with van der Waals surface area (Å²) in [6.45, 7) is 8.22. The Bertz CT molecular complexity index is 153. The van der Waals surface area contributed by atoms with Crippen LogP contribution in [-0.4, -0.2) is 42.3 Å². The molecule has 0 aromatic rings. The molecule has 0 saturated carbocycles. The third-order valence-corrected chi connectivity index (χ3v) is 2.46. The quantitative estimate of drug-likeness (QED) is 0.676. The molecule has 84 valence electrons. The second-order valence-corrected chi connectivity index (χ2v) is 4.02. The fourth-order valence-corrected chi connectivity index (χ4v) is 1.63. The number of hydrogen-bond acceptors (Lipinski definition) is 2. The van der Waals surface area contributed by atoms with Crippen LogP contribution in [0.3, 0.4) is 0 Å². The van der Waals surface area contributed by atoms with Crippen molar-refractivity contribution in [3.63, 3.8) is 0 Å². The Hall–Kier alpha value is -0.0900. The highest BCUT2D eigenvalue weighted by Gasteiger charge is 2.02. The van der Waals surface area contributed by atoms with E-state index in [0.29, 0.717) is 6.42 Å². The number of nitrogens with one attached hydrogen (secondary N) is 1. The van der Waals surface area contributed by atoms with Gasteiger partial charge in [0.05, 0.1) is 0 Å². The number of carbonyl (C=O) groups excluding carboxylic acids is 1. The second-order valence-electron chi connectivity index (χ2n) is 3.22. The Morgan fingerprint density at radius 1 is 1.36 bits per heavy atom. The summed E-state index contributed by atoms with van der Waals surface area (Å²) in [5, 5.41) is 3.64. The van der Waals surface area contributed by atoms with E-state index in [4.69, 9.17) is 0 Å². The van der Waals surface area contributed by atoms with Gasteiger partial charge in [-0.05, 0) is 19.5 Å². The van der Waals surface area contributed by atoms with Crippen molar-refractivity contribution in [1.29, 1.82) is 0 Å². The number of rotatable bonds is 8. The molecule has 0 aliphatic heterocycles. The number of halogens is 1. The maximum absolute atomic E-state index is 11.1. The normalized spacial score (nSPS) is 10.6. The van der Waals surface area contributed by atoms with Gasteiger partial charge >= 0.3 is 0 Å². The van der Waals surface area contributed by atoms with Crippen LogP contribution < -0.4 is 5.32 Å². The van der Waals surface area contributed by atoms with E-state index in [-0.39, 0.29) is 5.91 Å². The molecule has 0 unspecified atom stereocenters. The molecule has 4 heteroatoms.